The Hall–Kier alpha value is -0.950. The van der Waals surface area contributed by atoms with Crippen molar-refractivity contribution in [2.24, 2.45) is 0 Å². The van der Waals surface area contributed by atoms with Gasteiger partial charge in [0, 0.05) is 6.92 Å². The molecule has 12 heavy (non-hydrogen) atoms. The summed E-state index contributed by atoms with van der Waals surface area (Å²) in [5.74, 6) is -2.76. The molecule has 8 heteroatoms. The van der Waals surface area contributed by atoms with E-state index in [4.69, 9.17) is 9.90 Å². The van der Waals surface area contributed by atoms with E-state index >= 15 is 0 Å². The van der Waals surface area contributed by atoms with E-state index in [-0.39, 0.29) is 6.92 Å². The van der Waals surface area contributed by atoms with Crippen molar-refractivity contribution in [2.45, 2.75) is 19.3 Å². The Kier molecular flexibility index (Phi) is 4.74. The zero-order valence-electron chi connectivity index (χ0n) is 5.62. The minimum absolute atomic E-state index is 0.188. The van der Waals surface area contributed by atoms with Crippen LogP contribution in [0, 0.1) is 0 Å². The Balaban J connectivity index is 0. The van der Waals surface area contributed by atoms with Crippen molar-refractivity contribution in [1.29, 1.82) is 0 Å². The summed E-state index contributed by atoms with van der Waals surface area (Å²) in [4.78, 5) is 8.90. The SMILES string of the molecule is CC(F)(F)F.O=C(O)C(F)(F)F. The maximum atomic E-state index is 10.6. The highest BCUT2D eigenvalue weighted by Crippen LogP contribution is 2.13. The fraction of sp³-hybridized carbons (Fsp3) is 0.750. The third-order valence-electron chi connectivity index (χ3n) is 0.243. The number of aliphatic carboxylic acids is 1. The van der Waals surface area contributed by atoms with Crippen LogP contribution in [-0.2, 0) is 4.79 Å². The predicted octanol–water partition coefficient (Wildman–Crippen LogP) is 2.20. The number of carboxylic acids is 1. The lowest BCUT2D eigenvalue weighted by Crippen LogP contribution is -2.21. The normalized spacial score (nSPS) is 11.6. The van der Waals surface area contributed by atoms with E-state index < -0.39 is 18.3 Å². The number of hydrogen-bond acceptors (Lipinski definition) is 1. The van der Waals surface area contributed by atoms with E-state index in [1.165, 1.54) is 0 Å². The first kappa shape index (κ1) is 13.6. The molecule has 0 saturated carbocycles. The van der Waals surface area contributed by atoms with Crippen molar-refractivity contribution >= 4 is 5.97 Å². The van der Waals surface area contributed by atoms with Crippen LogP contribution in [0.5, 0.6) is 0 Å². The lowest BCUT2D eigenvalue weighted by atomic mass is 10.7. The predicted molar refractivity (Wildman–Crippen MR) is 25.4 cm³/mol. The zero-order chi connectivity index (χ0) is 10.6. The van der Waals surface area contributed by atoms with Gasteiger partial charge >= 0.3 is 18.3 Å². The van der Waals surface area contributed by atoms with Gasteiger partial charge in [0.2, 0.25) is 0 Å². The minimum atomic E-state index is -5.08. The highest BCUT2D eigenvalue weighted by Gasteiger charge is 2.38. The van der Waals surface area contributed by atoms with Crippen LogP contribution >= 0.6 is 0 Å². The van der Waals surface area contributed by atoms with Gasteiger partial charge in [-0.15, -0.1) is 0 Å². The summed E-state index contributed by atoms with van der Waals surface area (Å²) in [6, 6.07) is 0. The third kappa shape index (κ3) is 23.0. The molecule has 0 rings (SSSR count). The number of carboxylic acid groups (broad SMARTS) is 1. The first-order valence-corrected chi connectivity index (χ1v) is 2.31. The lowest BCUT2D eigenvalue weighted by molar-refractivity contribution is -0.192. The molecular formula is C4H4F6O2. The van der Waals surface area contributed by atoms with Gasteiger partial charge in [0.1, 0.15) is 0 Å². The van der Waals surface area contributed by atoms with Crippen LogP contribution in [0.1, 0.15) is 6.92 Å². The average Bonchev–Trinajstić information content (AvgIpc) is 1.55. The Labute approximate surface area is 62.8 Å². The van der Waals surface area contributed by atoms with E-state index in [1.54, 1.807) is 0 Å². The number of hydrogen-bond donors (Lipinski definition) is 1. The molecule has 1 N–H and O–H groups in total. The average molecular weight is 198 g/mol. The first-order chi connectivity index (χ1) is 4.94. The van der Waals surface area contributed by atoms with Gasteiger partial charge in [0.15, 0.2) is 0 Å². The molecule has 0 unspecified atom stereocenters. The number of halogens is 6. The summed E-state index contributed by atoms with van der Waals surface area (Å²) in [5.41, 5.74) is 0. The third-order valence-corrected chi connectivity index (χ3v) is 0.243. The molecule has 0 aromatic carbocycles. The lowest BCUT2D eigenvalue weighted by Gasteiger charge is -1.93. The van der Waals surface area contributed by atoms with Gasteiger partial charge in [-0.05, 0) is 0 Å². The fourth-order valence-electron chi connectivity index (χ4n) is 0. The molecule has 0 aromatic heterocycles. The van der Waals surface area contributed by atoms with E-state index in [0.29, 0.717) is 0 Å². The van der Waals surface area contributed by atoms with E-state index in [9.17, 15) is 26.3 Å². The summed E-state index contributed by atoms with van der Waals surface area (Å²) >= 11 is 0. The summed E-state index contributed by atoms with van der Waals surface area (Å²) in [7, 11) is 0. The molecule has 74 valence electrons. The molecule has 0 saturated heterocycles. The minimum Gasteiger partial charge on any atom is -0.475 e. The van der Waals surface area contributed by atoms with Crippen LogP contribution in [0.25, 0.3) is 0 Å². The van der Waals surface area contributed by atoms with Crippen LogP contribution < -0.4 is 0 Å². The second-order valence-electron chi connectivity index (χ2n) is 1.58. The van der Waals surface area contributed by atoms with Crippen molar-refractivity contribution in [3.63, 3.8) is 0 Å². The van der Waals surface area contributed by atoms with Crippen LogP contribution in [-0.4, -0.2) is 23.4 Å². The maximum Gasteiger partial charge on any atom is 0.490 e. The number of carbonyl (C=O) groups is 1. The van der Waals surface area contributed by atoms with Gasteiger partial charge in [0.05, 0.1) is 0 Å². The molecule has 0 fully saturated rings. The molecule has 0 aromatic rings. The molecule has 0 aliphatic heterocycles. The Bertz CT molecular complexity index is 139. The van der Waals surface area contributed by atoms with Crippen LogP contribution in [0.4, 0.5) is 26.3 Å². The van der Waals surface area contributed by atoms with Gasteiger partial charge in [-0.2, -0.15) is 26.3 Å². The highest BCUT2D eigenvalue weighted by molar-refractivity contribution is 5.73. The number of alkyl halides is 6. The summed E-state index contributed by atoms with van der Waals surface area (Å²) < 4.78 is 62.8. The molecule has 0 aliphatic carbocycles. The van der Waals surface area contributed by atoms with Gasteiger partial charge in [-0.3, -0.25) is 0 Å². The van der Waals surface area contributed by atoms with Crippen LogP contribution in [0.15, 0.2) is 0 Å². The topological polar surface area (TPSA) is 37.3 Å². The van der Waals surface area contributed by atoms with Gasteiger partial charge in [0.25, 0.3) is 0 Å². The van der Waals surface area contributed by atoms with E-state index in [0.717, 1.165) is 0 Å². The first-order valence-electron chi connectivity index (χ1n) is 2.31. The molecule has 0 radical (unpaired) electrons. The molecule has 0 atom stereocenters. The van der Waals surface area contributed by atoms with Gasteiger partial charge < -0.3 is 5.11 Å². The highest BCUT2D eigenvalue weighted by atomic mass is 19.4. The summed E-state index contributed by atoms with van der Waals surface area (Å²) in [5, 5.41) is 7.12. The second kappa shape index (κ2) is 4.17. The van der Waals surface area contributed by atoms with Crippen LogP contribution in [0.3, 0.4) is 0 Å². The van der Waals surface area contributed by atoms with Gasteiger partial charge in [-0.1, -0.05) is 0 Å². The fourth-order valence-corrected chi connectivity index (χ4v) is 0. The summed E-state index contributed by atoms with van der Waals surface area (Å²) in [6.07, 6.45) is -9.08. The molecule has 0 aliphatic rings. The largest absolute Gasteiger partial charge is 0.490 e. The molecule has 0 heterocycles. The van der Waals surface area contributed by atoms with Crippen molar-refractivity contribution < 1.29 is 36.2 Å². The quantitative estimate of drug-likeness (QED) is 0.605. The molecular weight excluding hydrogens is 194 g/mol. The standard InChI is InChI=1S/C2HF3O2.C2H3F3/c3-2(4,5)1(6)7;1-2(3,4)5/h(H,6,7);1H3. The molecule has 0 spiro atoms. The molecule has 2 nitrogen and oxygen atoms in total. The second-order valence-corrected chi connectivity index (χ2v) is 1.58. The number of rotatable bonds is 0. The Morgan fingerprint density at radius 1 is 1.08 bits per heavy atom. The smallest absolute Gasteiger partial charge is 0.475 e. The van der Waals surface area contributed by atoms with E-state index in [1.807, 2.05) is 0 Å². The molecule has 0 bridgehead atoms. The monoisotopic (exact) mass is 198 g/mol. The maximum absolute atomic E-state index is 10.6. The van der Waals surface area contributed by atoms with Crippen LogP contribution in [0.2, 0.25) is 0 Å². The molecule has 0 amide bonds. The Morgan fingerprint density at radius 3 is 1.17 bits per heavy atom. The Morgan fingerprint density at radius 2 is 1.17 bits per heavy atom. The zero-order valence-corrected chi connectivity index (χ0v) is 5.62. The van der Waals surface area contributed by atoms with Crippen molar-refractivity contribution in [1.82, 2.24) is 0 Å². The van der Waals surface area contributed by atoms with Crippen molar-refractivity contribution in [2.75, 3.05) is 0 Å². The summed E-state index contributed by atoms with van der Waals surface area (Å²) in [6.45, 7) is 0.188. The van der Waals surface area contributed by atoms with Gasteiger partial charge in [-0.25, -0.2) is 4.79 Å². The van der Waals surface area contributed by atoms with Crippen molar-refractivity contribution in [3.05, 3.63) is 0 Å². The van der Waals surface area contributed by atoms with Crippen molar-refractivity contribution in [3.8, 4) is 0 Å². The van der Waals surface area contributed by atoms with E-state index in [2.05, 4.69) is 0 Å².